The number of aliphatic hydroxyl groups excluding tert-OH is 4. The Balaban J connectivity index is 0.000000385. The lowest BCUT2D eigenvalue weighted by Crippen LogP contribution is -2.45. The second kappa shape index (κ2) is 32.0. The molecule has 420 valence electrons. The van der Waals surface area contributed by atoms with Crippen molar-refractivity contribution in [3.63, 3.8) is 0 Å². The molecule has 0 saturated carbocycles. The number of aromatic nitrogens is 2. The number of ether oxygens (including phenoxy) is 2. The second-order valence-electron chi connectivity index (χ2n) is 17.6. The van der Waals surface area contributed by atoms with Crippen LogP contribution in [-0.2, 0) is 24.2 Å². The Labute approximate surface area is 461 Å². The van der Waals surface area contributed by atoms with Gasteiger partial charge in [0.1, 0.15) is 11.5 Å². The third-order valence-electron chi connectivity index (χ3n) is 11.8. The Morgan fingerprint density at radius 3 is 1.76 bits per heavy atom. The fourth-order valence-corrected chi connectivity index (χ4v) is 8.25. The van der Waals surface area contributed by atoms with E-state index in [4.69, 9.17) is 49.8 Å². The summed E-state index contributed by atoms with van der Waals surface area (Å²) in [7, 11) is 0. The number of rotatable bonds is 12. The van der Waals surface area contributed by atoms with Crippen molar-refractivity contribution in [2.24, 2.45) is 0 Å². The van der Waals surface area contributed by atoms with E-state index in [0.29, 0.717) is 60.7 Å². The second-order valence-corrected chi connectivity index (χ2v) is 18.8. The molecule has 4 heterocycles. The zero-order chi connectivity index (χ0) is 54.6. The predicted octanol–water partition coefficient (Wildman–Crippen LogP) is 11.6. The van der Waals surface area contributed by atoms with E-state index in [1.807, 2.05) is 45.0 Å². The van der Waals surface area contributed by atoms with Crippen molar-refractivity contribution >= 4 is 70.7 Å². The summed E-state index contributed by atoms with van der Waals surface area (Å²) in [5.74, 6) is 0.0308. The zero-order valence-electron chi connectivity index (χ0n) is 41.7. The summed E-state index contributed by atoms with van der Waals surface area (Å²) < 4.78 is 75.8. The van der Waals surface area contributed by atoms with Gasteiger partial charge in [-0.05, 0) is 136 Å². The first kappa shape index (κ1) is 67.0. The molecule has 2 saturated heterocycles. The molecule has 2 aromatic heterocycles. The molecule has 0 spiro atoms. The van der Waals surface area contributed by atoms with Gasteiger partial charge in [0.15, 0.2) is 11.3 Å². The Bertz CT molecular complexity index is 2580. The Kier molecular flexibility index (Phi) is 28.2. The van der Waals surface area contributed by atoms with E-state index >= 15 is 4.39 Å². The number of nitrogens with one attached hydrogen (secondary N) is 3. The normalized spacial score (nSPS) is 15.1. The maximum Gasteiger partial charge on any atom is 0.573 e. The minimum atomic E-state index is -4.76. The van der Waals surface area contributed by atoms with E-state index < -0.39 is 36.0 Å². The maximum absolute atomic E-state index is 15.6. The number of hydrogen-bond acceptors (Lipinski definition) is 11. The van der Waals surface area contributed by atoms with E-state index in [1.54, 1.807) is 47.5 Å². The molecule has 14 nitrogen and oxygen atoms in total. The average Bonchev–Trinajstić information content (AvgIpc) is 3.34. The third-order valence-corrected chi connectivity index (χ3v) is 12.1. The van der Waals surface area contributed by atoms with Crippen LogP contribution in [0.5, 0.6) is 11.5 Å². The predicted molar refractivity (Wildman–Crippen MR) is 290 cm³/mol. The highest BCUT2D eigenvalue weighted by Crippen LogP contribution is 2.40. The highest BCUT2D eigenvalue weighted by molar-refractivity contribution is 6.40. The number of urea groups is 1. The molecule has 2 aliphatic rings. The van der Waals surface area contributed by atoms with E-state index in [9.17, 15) is 37.4 Å². The van der Waals surface area contributed by atoms with E-state index in [1.165, 1.54) is 25.3 Å². The van der Waals surface area contributed by atoms with Gasteiger partial charge in [0, 0.05) is 62.5 Å². The molecule has 23 heteroatoms. The van der Waals surface area contributed by atoms with Gasteiger partial charge in [-0.3, -0.25) is 15.3 Å². The van der Waals surface area contributed by atoms with Crippen LogP contribution in [0.15, 0.2) is 91.3 Å². The fourth-order valence-electron chi connectivity index (χ4n) is 7.89. The van der Waals surface area contributed by atoms with Crippen molar-refractivity contribution in [3.05, 3.63) is 141 Å². The molecule has 0 unspecified atom stereocenters. The molecule has 7 rings (SSSR count). The Hall–Kier alpha value is -5.09. The molecule has 7 N–H and O–H groups in total. The zero-order valence-corrected chi connectivity index (χ0v) is 44.8. The van der Waals surface area contributed by atoms with Crippen LogP contribution in [0.1, 0.15) is 77.9 Å². The molecular weight excluding hydrogens is 1090 g/mol. The van der Waals surface area contributed by atoms with E-state index in [-0.39, 0.29) is 98.8 Å². The van der Waals surface area contributed by atoms with Crippen molar-refractivity contribution in [1.29, 1.82) is 0 Å². The minimum absolute atomic E-state index is 0. The van der Waals surface area contributed by atoms with Gasteiger partial charge in [0.2, 0.25) is 0 Å². The Morgan fingerprint density at radius 2 is 1.25 bits per heavy atom. The number of anilines is 2. The van der Waals surface area contributed by atoms with Gasteiger partial charge in [-0.15, -0.1) is 48.8 Å². The van der Waals surface area contributed by atoms with Crippen LogP contribution in [0.4, 0.5) is 42.9 Å². The van der Waals surface area contributed by atoms with Gasteiger partial charge in [-0.2, -0.15) is 0 Å². The summed E-state index contributed by atoms with van der Waals surface area (Å²) in [5.41, 5.74) is 3.34. The van der Waals surface area contributed by atoms with Crippen molar-refractivity contribution in [3.8, 4) is 11.5 Å². The van der Waals surface area contributed by atoms with Gasteiger partial charge < -0.3 is 45.4 Å². The number of amides is 3. The topological polar surface area (TPSA) is 199 Å². The molecule has 2 atom stereocenters. The number of piperidine rings is 2. The summed E-state index contributed by atoms with van der Waals surface area (Å²) in [6, 6.07) is 21.0. The van der Waals surface area contributed by atoms with Gasteiger partial charge >= 0.3 is 18.5 Å². The molecule has 5 aromatic rings. The molecule has 2 fully saturated rings. The number of likely N-dealkylation sites (tertiary alicyclic amines) is 1. The molecular formula is C53H67Cl4F5N6O8. The van der Waals surface area contributed by atoms with Gasteiger partial charge in [-0.1, -0.05) is 49.4 Å². The summed E-state index contributed by atoms with van der Waals surface area (Å²) >= 11 is 15.8. The molecule has 0 aliphatic carbocycles. The molecule has 3 amide bonds. The number of carbonyl (C=O) groups excluding carboxylic acids is 2. The largest absolute Gasteiger partial charge is 0.573 e. The monoisotopic (exact) mass is 1150 g/mol. The third kappa shape index (κ3) is 21.4. The van der Waals surface area contributed by atoms with E-state index in [2.05, 4.69) is 30.7 Å². The smallest absolute Gasteiger partial charge is 0.410 e. The first-order valence-electron chi connectivity index (χ1n) is 23.4. The number of aryl methyl sites for hydroxylation is 4. The van der Waals surface area contributed by atoms with E-state index in [0.717, 1.165) is 28.3 Å². The number of pyridine rings is 2. The first-order valence-corrected chi connectivity index (χ1v) is 24.9. The summed E-state index contributed by atoms with van der Waals surface area (Å²) in [4.78, 5) is 34.3. The van der Waals surface area contributed by atoms with Crippen LogP contribution < -0.4 is 25.4 Å². The maximum atomic E-state index is 15.6. The van der Waals surface area contributed by atoms with Crippen LogP contribution in [-0.4, -0.2) is 111 Å². The number of carbonyl (C=O) groups is 2. The number of hydrogen-bond donors (Lipinski definition) is 7. The highest BCUT2D eigenvalue weighted by atomic mass is 35.5. The summed E-state index contributed by atoms with van der Waals surface area (Å²) in [5, 5.41) is 45.6. The van der Waals surface area contributed by atoms with Gasteiger partial charge in [0.05, 0.1) is 47.2 Å². The fraction of sp³-hybridized carbons (Fsp3) is 0.434. The quantitative estimate of drug-likeness (QED) is 0.0463. The number of halogens is 9. The average molecular weight is 1150 g/mol. The standard InChI is InChI=1S/C22H27ClFN3O3.C15H12F3NO3.C14H21FN2O2.CH2Cl2.CH4.ClH/c1-14-3-4-17(9-15(14)2)26-21(30)27-7-5-22(24,6-8-27)20-19(23)11-16(12-25-20)10-18(29)13-28;1-10-9-11(7-8-13(10)22-15(16,17)18)19-14(20)21-12-5-3-2-4-6-12;1-10-6-11(7-12(19)9-18)8-17-13(10)14(15)2-4-16-5-3-14;2-1-3;;/h3-4,9,11-12,18,28-29H,5-8,10,13H2,1-2H3,(H,26,30);2-9H,1H3,(H,19,20);6,8,12,16,18-19H,2-5,7,9H2,1H3;1H2;1H4;1H/t18-;;12-;;;/m1.1.../s1. The Morgan fingerprint density at radius 1 is 0.737 bits per heavy atom. The van der Waals surface area contributed by atoms with Crippen LogP contribution >= 0.6 is 47.2 Å². The number of nitrogens with zero attached hydrogens (tertiary/aromatic N) is 3. The van der Waals surface area contributed by atoms with Crippen LogP contribution in [0, 0.1) is 27.7 Å². The molecule has 0 radical (unpaired) electrons. The lowest BCUT2D eigenvalue weighted by atomic mass is 9.87. The SMILES string of the molecule is C.Cc1cc(C[C@@H](O)CO)cnc1C1(F)CCNCC1.Cc1cc(NC(=O)Oc2ccccc2)ccc1OC(F)(F)F.Cc1ccc(NC(=O)N2CCC(F)(c3ncc(C[C@@H](O)CO)cc3Cl)CC2)cc1C.Cl.ClCCl. The summed E-state index contributed by atoms with van der Waals surface area (Å²) in [6.45, 7) is 8.46. The van der Waals surface area contributed by atoms with Crippen LogP contribution in [0.25, 0.3) is 0 Å². The number of aliphatic hydroxyl groups is 4. The van der Waals surface area contributed by atoms with Crippen molar-refractivity contribution in [2.75, 3.05) is 55.4 Å². The van der Waals surface area contributed by atoms with Crippen molar-refractivity contribution in [2.45, 2.75) is 104 Å². The minimum Gasteiger partial charge on any atom is -0.410 e. The van der Waals surface area contributed by atoms with Crippen LogP contribution in [0.3, 0.4) is 0 Å². The first-order chi connectivity index (χ1) is 35.0. The lowest BCUT2D eigenvalue weighted by Gasteiger charge is -2.36. The summed E-state index contributed by atoms with van der Waals surface area (Å²) in [6.07, 6.45) is -2.51. The number of benzene rings is 3. The molecule has 3 aromatic carbocycles. The lowest BCUT2D eigenvalue weighted by molar-refractivity contribution is -0.274. The number of alkyl halides is 7. The molecule has 2 aliphatic heterocycles. The molecule has 0 bridgehead atoms. The van der Waals surface area contributed by atoms with Crippen LogP contribution in [0.2, 0.25) is 5.02 Å². The highest BCUT2D eigenvalue weighted by Gasteiger charge is 2.41. The van der Waals surface area contributed by atoms with Crippen molar-refractivity contribution < 1.29 is 61.4 Å². The number of para-hydroxylation sites is 1. The van der Waals surface area contributed by atoms with Crippen molar-refractivity contribution in [1.82, 2.24) is 20.2 Å². The molecule has 76 heavy (non-hydrogen) atoms. The van der Waals surface area contributed by atoms with Gasteiger partial charge in [-0.25, -0.2) is 18.4 Å². The van der Waals surface area contributed by atoms with Gasteiger partial charge in [0.25, 0.3) is 0 Å².